The maximum absolute atomic E-state index is 13.2. The first-order valence-electron chi connectivity index (χ1n) is 11.4. The van der Waals surface area contributed by atoms with Crippen molar-refractivity contribution in [1.29, 1.82) is 5.26 Å². The fourth-order valence-corrected chi connectivity index (χ4v) is 6.98. The van der Waals surface area contributed by atoms with E-state index in [2.05, 4.69) is 24.1 Å². The first-order valence-corrected chi connectivity index (χ1v) is 13.7. The quantitative estimate of drug-likeness (QED) is 0.481. The van der Waals surface area contributed by atoms with Crippen LogP contribution in [0.25, 0.3) is 10.4 Å². The number of benzene rings is 1. The molecule has 8 nitrogen and oxygen atoms in total. The second-order valence-electron chi connectivity index (χ2n) is 8.77. The summed E-state index contributed by atoms with van der Waals surface area (Å²) in [5.41, 5.74) is 1.71. The number of nitriles is 1. The molecule has 2 N–H and O–H groups in total. The normalized spacial score (nSPS) is 16.3. The van der Waals surface area contributed by atoms with Crippen molar-refractivity contribution in [2.45, 2.75) is 30.4 Å². The Morgan fingerprint density at radius 3 is 2.59 bits per heavy atom. The highest BCUT2D eigenvalue weighted by atomic mass is 32.2. The van der Waals surface area contributed by atoms with Crippen LogP contribution < -0.4 is 5.32 Å². The molecule has 2 heterocycles. The summed E-state index contributed by atoms with van der Waals surface area (Å²) in [4.78, 5) is 15.6. The van der Waals surface area contributed by atoms with E-state index >= 15 is 0 Å². The number of carbonyl (C=O) groups is 1. The predicted molar refractivity (Wildman–Crippen MR) is 133 cm³/mol. The van der Waals surface area contributed by atoms with Gasteiger partial charge in [0.1, 0.15) is 10.8 Å². The van der Waals surface area contributed by atoms with Gasteiger partial charge < -0.3 is 10.4 Å². The summed E-state index contributed by atoms with van der Waals surface area (Å²) in [5, 5.41) is 20.6. The van der Waals surface area contributed by atoms with Crippen LogP contribution in [0.4, 0.5) is 0 Å². The molecular weight excluding hydrogens is 472 g/mol. The van der Waals surface area contributed by atoms with Crippen LogP contribution in [0.3, 0.4) is 0 Å². The minimum Gasteiger partial charge on any atom is -0.395 e. The van der Waals surface area contributed by atoms with Crippen molar-refractivity contribution in [3.8, 4) is 16.5 Å². The number of sulfonamides is 1. The molecule has 0 spiro atoms. The molecule has 3 rings (SSSR count). The van der Waals surface area contributed by atoms with Crippen LogP contribution >= 0.6 is 11.3 Å². The lowest BCUT2D eigenvalue weighted by Crippen LogP contribution is -2.49. The van der Waals surface area contributed by atoms with Crippen LogP contribution in [0, 0.1) is 17.2 Å². The average molecular weight is 505 g/mol. The largest absolute Gasteiger partial charge is 0.395 e. The van der Waals surface area contributed by atoms with Crippen LogP contribution in [-0.2, 0) is 14.8 Å². The Balaban J connectivity index is 1.80. The highest BCUT2D eigenvalue weighted by Gasteiger charge is 2.30. The molecule has 184 valence electrons. The first-order chi connectivity index (χ1) is 16.3. The van der Waals surface area contributed by atoms with E-state index in [0.29, 0.717) is 43.4 Å². The lowest BCUT2D eigenvalue weighted by molar-refractivity contribution is -0.122. The summed E-state index contributed by atoms with van der Waals surface area (Å²) in [5.74, 6) is -0.272. The maximum atomic E-state index is 13.2. The Morgan fingerprint density at radius 1 is 1.21 bits per heavy atom. The fraction of sp³-hybridized carbons (Fsp3) is 0.500. The summed E-state index contributed by atoms with van der Waals surface area (Å²) in [6.07, 6.45) is 0.646. The molecule has 1 amide bonds. The zero-order valence-corrected chi connectivity index (χ0v) is 21.2. The smallest absolute Gasteiger partial charge is 0.252 e. The number of piperazine rings is 1. The third kappa shape index (κ3) is 6.43. The van der Waals surface area contributed by atoms with Gasteiger partial charge in [-0.05, 0) is 41.7 Å². The number of hydrogen-bond acceptors (Lipinski definition) is 7. The molecule has 1 aromatic carbocycles. The minimum atomic E-state index is -3.59. The van der Waals surface area contributed by atoms with E-state index in [1.807, 2.05) is 36.4 Å². The van der Waals surface area contributed by atoms with Gasteiger partial charge in [0.25, 0.3) is 10.0 Å². The third-order valence-corrected chi connectivity index (χ3v) is 9.36. The van der Waals surface area contributed by atoms with Crippen molar-refractivity contribution in [2.24, 2.45) is 5.92 Å². The summed E-state index contributed by atoms with van der Waals surface area (Å²) in [7, 11) is -3.59. The van der Waals surface area contributed by atoms with Crippen LogP contribution in [-0.4, -0.2) is 74.5 Å². The monoisotopic (exact) mass is 504 g/mol. The number of β-amino-alcohol motifs (C(OH)–C–C–N with tert-alkyl or cyclic N) is 1. The van der Waals surface area contributed by atoms with Crippen molar-refractivity contribution in [2.75, 3.05) is 45.9 Å². The Morgan fingerprint density at radius 2 is 1.94 bits per heavy atom. The fourth-order valence-electron chi connectivity index (χ4n) is 4.10. The lowest BCUT2D eigenvalue weighted by atomic mass is 9.88. The topological polar surface area (TPSA) is 114 Å². The van der Waals surface area contributed by atoms with Crippen molar-refractivity contribution in [3.63, 3.8) is 0 Å². The van der Waals surface area contributed by atoms with Gasteiger partial charge in [-0.2, -0.15) is 9.57 Å². The Bertz CT molecular complexity index is 1120. The van der Waals surface area contributed by atoms with Crippen molar-refractivity contribution >= 4 is 27.3 Å². The van der Waals surface area contributed by atoms with Gasteiger partial charge in [0.15, 0.2) is 0 Å². The Kier molecular flexibility index (Phi) is 9.22. The number of aliphatic hydroxyl groups is 1. The van der Waals surface area contributed by atoms with Gasteiger partial charge in [-0.1, -0.05) is 32.0 Å². The molecule has 1 aliphatic rings. The predicted octanol–water partition coefficient (Wildman–Crippen LogP) is 2.48. The van der Waals surface area contributed by atoms with E-state index in [9.17, 15) is 13.2 Å². The van der Waals surface area contributed by atoms with Crippen molar-refractivity contribution < 1.29 is 18.3 Å². The molecule has 0 saturated carbocycles. The molecule has 1 fully saturated rings. The van der Waals surface area contributed by atoms with Crippen LogP contribution in [0.5, 0.6) is 0 Å². The minimum absolute atomic E-state index is 0.0342. The summed E-state index contributed by atoms with van der Waals surface area (Å²) in [6.45, 7) is 6.70. The molecule has 1 unspecified atom stereocenters. The molecule has 1 aliphatic heterocycles. The lowest BCUT2D eigenvalue weighted by Gasteiger charge is -2.33. The van der Waals surface area contributed by atoms with Crippen LogP contribution in [0.1, 0.15) is 31.7 Å². The second kappa shape index (κ2) is 11.9. The van der Waals surface area contributed by atoms with E-state index in [1.54, 1.807) is 6.07 Å². The highest BCUT2D eigenvalue weighted by molar-refractivity contribution is 7.91. The average Bonchev–Trinajstić information content (AvgIpc) is 3.33. The molecule has 1 saturated heterocycles. The number of thiophene rings is 1. The molecule has 1 aromatic heterocycles. The van der Waals surface area contributed by atoms with E-state index in [4.69, 9.17) is 10.4 Å². The first kappa shape index (κ1) is 26.3. The molecule has 0 bridgehead atoms. The van der Waals surface area contributed by atoms with Gasteiger partial charge in [0.05, 0.1) is 18.6 Å². The summed E-state index contributed by atoms with van der Waals surface area (Å²) < 4.78 is 28.1. The molecule has 2 aromatic rings. The molecule has 0 aliphatic carbocycles. The number of rotatable bonds is 10. The van der Waals surface area contributed by atoms with Crippen molar-refractivity contribution in [1.82, 2.24) is 14.5 Å². The van der Waals surface area contributed by atoms with E-state index in [-0.39, 0.29) is 30.9 Å². The van der Waals surface area contributed by atoms with Gasteiger partial charge in [-0.15, -0.1) is 11.3 Å². The number of hydrogen-bond donors (Lipinski definition) is 2. The number of amides is 1. The Labute approximate surface area is 205 Å². The zero-order valence-electron chi connectivity index (χ0n) is 19.6. The molecule has 34 heavy (non-hydrogen) atoms. The van der Waals surface area contributed by atoms with Gasteiger partial charge >= 0.3 is 0 Å². The molecule has 10 heteroatoms. The standard InChI is InChI=1S/C24H32N4O4S2/c1-18(2)16-21(24(30)26-9-8-25)19-4-3-5-20(17-19)22-6-7-23(33-22)34(31,32)28-12-10-27(11-13-28)14-15-29/h3-7,17-18,21,29H,9-16H2,1-2H3,(H,26,30). The maximum Gasteiger partial charge on any atom is 0.252 e. The third-order valence-electron chi connectivity index (χ3n) is 5.86. The van der Waals surface area contributed by atoms with Gasteiger partial charge in [-0.25, -0.2) is 8.42 Å². The Hall–Kier alpha value is -2.29. The summed E-state index contributed by atoms with van der Waals surface area (Å²) in [6, 6.07) is 13.0. The van der Waals surface area contributed by atoms with Gasteiger partial charge in [-0.3, -0.25) is 9.69 Å². The summed E-state index contributed by atoms with van der Waals surface area (Å²) >= 11 is 1.23. The van der Waals surface area contributed by atoms with Crippen LogP contribution in [0.15, 0.2) is 40.6 Å². The highest BCUT2D eigenvalue weighted by Crippen LogP contribution is 2.35. The number of nitrogens with one attached hydrogen (secondary N) is 1. The zero-order chi connectivity index (χ0) is 24.7. The number of carbonyl (C=O) groups excluding carboxylic acids is 1. The molecule has 1 atom stereocenters. The van der Waals surface area contributed by atoms with E-state index in [0.717, 1.165) is 16.0 Å². The molecular formula is C24H32N4O4S2. The van der Waals surface area contributed by atoms with Crippen molar-refractivity contribution in [3.05, 3.63) is 42.0 Å². The molecule has 0 radical (unpaired) electrons. The number of aliphatic hydroxyl groups excluding tert-OH is 1. The number of nitrogens with zero attached hydrogens (tertiary/aromatic N) is 3. The van der Waals surface area contributed by atoms with E-state index in [1.165, 1.54) is 15.6 Å². The van der Waals surface area contributed by atoms with E-state index < -0.39 is 10.0 Å². The van der Waals surface area contributed by atoms with Crippen LogP contribution in [0.2, 0.25) is 0 Å². The second-order valence-corrected chi connectivity index (χ2v) is 12.0. The van der Waals surface area contributed by atoms with Gasteiger partial charge in [0, 0.05) is 37.6 Å². The van der Waals surface area contributed by atoms with Gasteiger partial charge in [0.2, 0.25) is 5.91 Å². The SMILES string of the molecule is CC(C)CC(C(=O)NCC#N)c1cccc(-c2ccc(S(=O)(=O)N3CCN(CCO)CC3)s2)c1.